The van der Waals surface area contributed by atoms with Crippen LogP contribution >= 0.6 is 0 Å². The van der Waals surface area contributed by atoms with E-state index in [-0.39, 0.29) is 6.04 Å². The van der Waals surface area contributed by atoms with Gasteiger partial charge in [-0.3, -0.25) is 4.98 Å². The maximum atomic E-state index is 5.34. The standard InChI is InChI=1S/C26H24N4O/c1-3-22-25(19-8-5-4-6-9-19)26-28-23(18-11-13-21(31-2)14-12-18)16-24(30(26)29-22)20-10-7-15-27-17-20/h4-15,17,24H,3,16H2,1-2H3. The number of benzene rings is 2. The maximum absolute atomic E-state index is 5.34. The third-order valence-electron chi connectivity index (χ3n) is 5.77. The number of aliphatic imine (C=N–C) groups is 1. The molecule has 5 heteroatoms. The number of pyridine rings is 1. The van der Waals surface area contributed by atoms with Crippen molar-refractivity contribution in [3.63, 3.8) is 0 Å². The van der Waals surface area contributed by atoms with Crippen molar-refractivity contribution in [2.75, 3.05) is 7.11 Å². The Bertz CT molecular complexity index is 1210. The van der Waals surface area contributed by atoms with E-state index in [1.54, 1.807) is 7.11 Å². The molecule has 0 N–H and O–H groups in total. The van der Waals surface area contributed by atoms with Gasteiger partial charge in [0, 0.05) is 24.4 Å². The first-order valence-corrected chi connectivity index (χ1v) is 10.6. The van der Waals surface area contributed by atoms with E-state index in [1.807, 2.05) is 36.7 Å². The fourth-order valence-electron chi connectivity index (χ4n) is 4.18. The Morgan fingerprint density at radius 2 is 1.77 bits per heavy atom. The monoisotopic (exact) mass is 408 g/mol. The minimum Gasteiger partial charge on any atom is -0.497 e. The van der Waals surface area contributed by atoms with Gasteiger partial charge in [-0.1, -0.05) is 43.3 Å². The van der Waals surface area contributed by atoms with Crippen molar-refractivity contribution in [1.82, 2.24) is 14.8 Å². The molecule has 2 aromatic carbocycles. The molecule has 0 bridgehead atoms. The summed E-state index contributed by atoms with van der Waals surface area (Å²) in [5.74, 6) is 1.75. The first-order chi connectivity index (χ1) is 15.3. The first-order valence-electron chi connectivity index (χ1n) is 10.6. The molecule has 0 saturated heterocycles. The van der Waals surface area contributed by atoms with E-state index in [4.69, 9.17) is 14.8 Å². The lowest BCUT2D eigenvalue weighted by molar-refractivity contribution is 0.415. The third kappa shape index (κ3) is 3.52. The quantitative estimate of drug-likeness (QED) is 0.430. The maximum Gasteiger partial charge on any atom is 0.159 e. The molecule has 0 aliphatic carbocycles. The smallest absolute Gasteiger partial charge is 0.159 e. The zero-order valence-electron chi connectivity index (χ0n) is 17.7. The van der Waals surface area contributed by atoms with Crippen LogP contribution in [0.25, 0.3) is 11.1 Å². The van der Waals surface area contributed by atoms with Gasteiger partial charge in [0.25, 0.3) is 0 Å². The summed E-state index contributed by atoms with van der Waals surface area (Å²) in [5, 5.41) is 5.02. The number of hydrogen-bond donors (Lipinski definition) is 0. The Labute approximate surface area is 182 Å². The van der Waals surface area contributed by atoms with Crippen LogP contribution in [-0.4, -0.2) is 27.6 Å². The van der Waals surface area contributed by atoms with Crippen LogP contribution in [0.15, 0.2) is 84.1 Å². The first kappa shape index (κ1) is 19.2. The van der Waals surface area contributed by atoms with Crippen molar-refractivity contribution in [1.29, 1.82) is 0 Å². The van der Waals surface area contributed by atoms with Crippen molar-refractivity contribution in [3.05, 3.63) is 95.9 Å². The average Bonchev–Trinajstić information content (AvgIpc) is 3.23. The Morgan fingerprint density at radius 3 is 2.45 bits per heavy atom. The lowest BCUT2D eigenvalue weighted by Gasteiger charge is -2.25. The van der Waals surface area contributed by atoms with E-state index >= 15 is 0 Å². The zero-order valence-corrected chi connectivity index (χ0v) is 17.7. The third-order valence-corrected chi connectivity index (χ3v) is 5.77. The Kier molecular flexibility index (Phi) is 5.08. The highest BCUT2D eigenvalue weighted by Crippen LogP contribution is 2.42. The van der Waals surface area contributed by atoms with Crippen molar-refractivity contribution in [2.24, 2.45) is 4.99 Å². The van der Waals surface area contributed by atoms with Crippen molar-refractivity contribution in [3.8, 4) is 16.9 Å². The van der Waals surface area contributed by atoms with Crippen molar-refractivity contribution in [2.45, 2.75) is 25.8 Å². The highest BCUT2D eigenvalue weighted by molar-refractivity contribution is 6.04. The Hall–Kier alpha value is -3.73. The second-order valence-electron chi connectivity index (χ2n) is 7.60. The number of methoxy groups -OCH3 is 1. The molecule has 5 nitrogen and oxygen atoms in total. The minimum atomic E-state index is 0.0427. The van der Waals surface area contributed by atoms with Gasteiger partial charge in [0.15, 0.2) is 5.82 Å². The van der Waals surface area contributed by atoms with Gasteiger partial charge in [-0.25, -0.2) is 9.67 Å². The molecule has 154 valence electrons. The fourth-order valence-corrected chi connectivity index (χ4v) is 4.18. The molecular formula is C26H24N4O. The molecule has 2 aromatic heterocycles. The summed E-state index contributed by atoms with van der Waals surface area (Å²) in [6.07, 6.45) is 5.34. The van der Waals surface area contributed by atoms with E-state index in [2.05, 4.69) is 59.1 Å². The number of ether oxygens (including phenoxy) is 1. The summed E-state index contributed by atoms with van der Waals surface area (Å²) >= 11 is 0. The zero-order chi connectivity index (χ0) is 21.2. The van der Waals surface area contributed by atoms with E-state index in [1.165, 1.54) is 0 Å². The molecular weight excluding hydrogens is 384 g/mol. The van der Waals surface area contributed by atoms with Crippen LogP contribution < -0.4 is 4.74 Å². The molecule has 4 aromatic rings. The molecule has 1 aliphatic heterocycles. The minimum absolute atomic E-state index is 0.0427. The van der Waals surface area contributed by atoms with Crippen LogP contribution in [0.4, 0.5) is 5.82 Å². The largest absolute Gasteiger partial charge is 0.497 e. The molecule has 31 heavy (non-hydrogen) atoms. The second kappa shape index (κ2) is 8.19. The van der Waals surface area contributed by atoms with E-state index in [0.717, 1.165) is 58.1 Å². The van der Waals surface area contributed by atoms with Gasteiger partial charge < -0.3 is 4.74 Å². The molecule has 0 saturated carbocycles. The predicted octanol–water partition coefficient (Wildman–Crippen LogP) is 5.63. The molecule has 1 unspecified atom stereocenters. The van der Waals surface area contributed by atoms with Gasteiger partial charge in [0.2, 0.25) is 0 Å². The number of fused-ring (bicyclic) bond motifs is 1. The summed E-state index contributed by atoms with van der Waals surface area (Å²) in [5.41, 5.74) is 6.60. The predicted molar refractivity (Wildman–Crippen MR) is 123 cm³/mol. The second-order valence-corrected chi connectivity index (χ2v) is 7.60. The van der Waals surface area contributed by atoms with Gasteiger partial charge in [-0.15, -0.1) is 0 Å². The topological polar surface area (TPSA) is 52.3 Å². The number of hydrogen-bond acceptors (Lipinski definition) is 4. The summed E-state index contributed by atoms with van der Waals surface area (Å²) in [7, 11) is 1.68. The van der Waals surface area contributed by atoms with Crippen LogP contribution in [0.3, 0.4) is 0 Å². The normalized spacial score (nSPS) is 15.3. The summed E-state index contributed by atoms with van der Waals surface area (Å²) in [6, 6.07) is 22.7. The summed E-state index contributed by atoms with van der Waals surface area (Å²) in [4.78, 5) is 9.51. The number of aryl methyl sites for hydroxylation is 1. The van der Waals surface area contributed by atoms with Crippen LogP contribution in [0.2, 0.25) is 0 Å². The average molecular weight is 409 g/mol. The molecule has 5 rings (SSSR count). The molecule has 0 spiro atoms. The lowest BCUT2D eigenvalue weighted by Crippen LogP contribution is -2.21. The number of rotatable bonds is 5. The van der Waals surface area contributed by atoms with Crippen molar-refractivity contribution >= 4 is 11.5 Å². The van der Waals surface area contributed by atoms with Crippen LogP contribution in [0.1, 0.15) is 36.2 Å². The summed E-state index contributed by atoms with van der Waals surface area (Å²) < 4.78 is 7.42. The Morgan fingerprint density at radius 1 is 0.968 bits per heavy atom. The van der Waals surface area contributed by atoms with Gasteiger partial charge >= 0.3 is 0 Å². The van der Waals surface area contributed by atoms with E-state index in [9.17, 15) is 0 Å². The van der Waals surface area contributed by atoms with Crippen LogP contribution in [0.5, 0.6) is 5.75 Å². The van der Waals surface area contributed by atoms with E-state index in [0.29, 0.717) is 0 Å². The van der Waals surface area contributed by atoms with E-state index < -0.39 is 0 Å². The molecule has 1 aliphatic rings. The lowest BCUT2D eigenvalue weighted by atomic mass is 9.96. The number of nitrogens with zero attached hydrogens (tertiary/aromatic N) is 4. The highest BCUT2D eigenvalue weighted by Gasteiger charge is 2.30. The van der Waals surface area contributed by atoms with Gasteiger partial charge in [-0.05, 0) is 53.4 Å². The van der Waals surface area contributed by atoms with Crippen LogP contribution in [0, 0.1) is 0 Å². The fraction of sp³-hybridized carbons (Fsp3) is 0.192. The van der Waals surface area contributed by atoms with Gasteiger partial charge in [0.1, 0.15) is 5.75 Å². The molecule has 0 amide bonds. The molecule has 0 radical (unpaired) electrons. The van der Waals surface area contributed by atoms with Crippen molar-refractivity contribution < 1.29 is 4.74 Å². The number of aromatic nitrogens is 3. The molecule has 3 heterocycles. The molecule has 0 fully saturated rings. The van der Waals surface area contributed by atoms with Crippen LogP contribution in [-0.2, 0) is 6.42 Å². The molecule has 1 atom stereocenters. The summed E-state index contributed by atoms with van der Waals surface area (Å²) in [6.45, 7) is 2.15. The highest BCUT2D eigenvalue weighted by atomic mass is 16.5. The SMILES string of the molecule is CCc1nn2c(c1-c1ccccc1)N=C(c1ccc(OC)cc1)CC2c1cccnc1. The van der Waals surface area contributed by atoms with Gasteiger partial charge in [-0.2, -0.15) is 5.10 Å². The Balaban J connectivity index is 1.71. The van der Waals surface area contributed by atoms with Gasteiger partial charge in [0.05, 0.1) is 24.6 Å².